The highest BCUT2D eigenvalue weighted by Crippen LogP contribution is 2.41. The number of aryl methyl sites for hydroxylation is 1. The predicted octanol–water partition coefficient (Wildman–Crippen LogP) is 2.75. The van der Waals surface area contributed by atoms with Crippen molar-refractivity contribution in [3.63, 3.8) is 0 Å². The van der Waals surface area contributed by atoms with Gasteiger partial charge in [0.15, 0.2) is 0 Å². The van der Waals surface area contributed by atoms with E-state index in [9.17, 15) is 14.4 Å². The van der Waals surface area contributed by atoms with Crippen molar-refractivity contribution in [2.45, 2.75) is 37.6 Å². The van der Waals surface area contributed by atoms with Gasteiger partial charge in [-0.3, -0.25) is 14.5 Å². The maximum Gasteiger partial charge on any atom is 0.325 e. The van der Waals surface area contributed by atoms with Gasteiger partial charge in [0.2, 0.25) is 5.91 Å². The van der Waals surface area contributed by atoms with Crippen LogP contribution < -0.4 is 10.6 Å². The number of hydrogen-bond donors (Lipinski definition) is 2. The molecule has 0 unspecified atom stereocenters. The molecule has 1 aliphatic heterocycles. The Balaban J connectivity index is 1.41. The van der Waals surface area contributed by atoms with Crippen LogP contribution in [-0.4, -0.2) is 35.8 Å². The second kappa shape index (κ2) is 7.39. The van der Waals surface area contributed by atoms with Gasteiger partial charge in [-0.05, 0) is 42.2 Å². The normalized spacial score (nSPS) is 22.1. The van der Waals surface area contributed by atoms with E-state index in [0.717, 1.165) is 33.7 Å². The molecular formula is C21H23N3O3S. The van der Waals surface area contributed by atoms with Gasteiger partial charge in [0.05, 0.1) is 0 Å². The first kappa shape index (κ1) is 18.7. The average Bonchev–Trinajstić information content (AvgIpc) is 3.27. The summed E-state index contributed by atoms with van der Waals surface area (Å²) in [6.45, 7) is 2.22. The predicted molar refractivity (Wildman–Crippen MR) is 107 cm³/mol. The minimum Gasteiger partial charge on any atom is -0.354 e. The van der Waals surface area contributed by atoms with E-state index < -0.39 is 11.6 Å². The van der Waals surface area contributed by atoms with E-state index in [2.05, 4.69) is 10.6 Å². The van der Waals surface area contributed by atoms with Crippen molar-refractivity contribution >= 4 is 29.2 Å². The van der Waals surface area contributed by atoms with Crippen molar-refractivity contribution in [1.82, 2.24) is 15.5 Å². The van der Waals surface area contributed by atoms with Crippen molar-refractivity contribution in [2.24, 2.45) is 0 Å². The first-order valence-corrected chi connectivity index (χ1v) is 10.4. The molecule has 2 heterocycles. The van der Waals surface area contributed by atoms with Gasteiger partial charge in [-0.1, -0.05) is 37.3 Å². The number of rotatable bonds is 5. The van der Waals surface area contributed by atoms with Crippen LogP contribution in [0.25, 0.3) is 0 Å². The lowest BCUT2D eigenvalue weighted by molar-refractivity contribution is -0.135. The van der Waals surface area contributed by atoms with Crippen LogP contribution in [0.5, 0.6) is 0 Å². The summed E-state index contributed by atoms with van der Waals surface area (Å²) in [5.74, 6) is -0.501. The zero-order valence-electron chi connectivity index (χ0n) is 15.7. The van der Waals surface area contributed by atoms with Crippen LogP contribution in [0.2, 0.25) is 0 Å². The molecule has 1 saturated heterocycles. The number of fused-ring (bicyclic) bond motifs is 2. The molecule has 2 aliphatic rings. The molecule has 1 aromatic heterocycles. The van der Waals surface area contributed by atoms with Crippen molar-refractivity contribution < 1.29 is 14.4 Å². The monoisotopic (exact) mass is 397 g/mol. The van der Waals surface area contributed by atoms with Crippen molar-refractivity contribution in [1.29, 1.82) is 0 Å². The third-order valence-corrected chi connectivity index (χ3v) is 6.59. The third kappa shape index (κ3) is 3.20. The van der Waals surface area contributed by atoms with E-state index in [4.69, 9.17) is 0 Å². The zero-order valence-corrected chi connectivity index (χ0v) is 16.6. The third-order valence-electron chi connectivity index (χ3n) is 5.61. The van der Waals surface area contributed by atoms with Crippen LogP contribution in [-0.2, 0) is 21.5 Å². The van der Waals surface area contributed by atoms with Crippen LogP contribution >= 0.6 is 11.3 Å². The second-order valence-corrected chi connectivity index (χ2v) is 8.45. The number of hydrogen-bond acceptors (Lipinski definition) is 4. The zero-order chi connectivity index (χ0) is 19.7. The molecule has 0 radical (unpaired) electrons. The smallest absolute Gasteiger partial charge is 0.325 e. The summed E-state index contributed by atoms with van der Waals surface area (Å²) in [4.78, 5) is 40.2. The molecule has 2 N–H and O–H groups in total. The Bertz CT molecular complexity index is 911. The van der Waals surface area contributed by atoms with Crippen LogP contribution in [0.1, 0.15) is 41.7 Å². The first-order valence-electron chi connectivity index (χ1n) is 9.54. The number of carbonyl (C=O) groups excluding carboxylic acids is 3. The van der Waals surface area contributed by atoms with Gasteiger partial charge in [-0.15, -0.1) is 11.3 Å². The van der Waals surface area contributed by atoms with E-state index in [1.54, 1.807) is 11.3 Å². The van der Waals surface area contributed by atoms with E-state index in [0.29, 0.717) is 13.0 Å². The molecule has 7 heteroatoms. The Morgan fingerprint density at radius 1 is 1.29 bits per heavy atom. The molecule has 28 heavy (non-hydrogen) atoms. The number of nitrogens with zero attached hydrogens (tertiary/aromatic N) is 1. The second-order valence-electron chi connectivity index (χ2n) is 7.45. The molecule has 4 rings (SSSR count). The molecule has 0 bridgehead atoms. The summed E-state index contributed by atoms with van der Waals surface area (Å²) in [5.41, 5.74) is 1.02. The fourth-order valence-electron chi connectivity index (χ4n) is 4.05. The lowest BCUT2D eigenvalue weighted by Gasteiger charge is -2.31. The molecule has 2 aromatic rings. The van der Waals surface area contributed by atoms with Gasteiger partial charge in [-0.25, -0.2) is 4.79 Å². The number of nitrogens with one attached hydrogen (secondary N) is 2. The van der Waals surface area contributed by atoms with Gasteiger partial charge in [0.1, 0.15) is 12.1 Å². The molecule has 6 nitrogen and oxygen atoms in total. The molecule has 2 atom stereocenters. The molecule has 0 saturated carbocycles. The molecule has 146 valence electrons. The Hall–Kier alpha value is -2.67. The minimum atomic E-state index is -0.998. The molecular weight excluding hydrogens is 374 g/mol. The Kier molecular flexibility index (Phi) is 4.93. The standard InChI is InChI=1S/C21H23N3O3S/c1-14(15-6-3-2-4-7-15)12-22-18(25)13-24-19(26)21(23-20(24)27)10-5-8-17-16(21)9-11-28-17/h2-4,6-7,9,11,14H,5,8,10,12-13H2,1H3,(H,22,25)(H,23,27)/t14-,21+/m0/s1. The molecule has 4 amide bonds. The van der Waals surface area contributed by atoms with Gasteiger partial charge in [0.25, 0.3) is 5.91 Å². The number of carbonyl (C=O) groups is 3. The summed E-state index contributed by atoms with van der Waals surface area (Å²) in [7, 11) is 0. The van der Waals surface area contributed by atoms with E-state index in [-0.39, 0.29) is 24.3 Å². The number of benzene rings is 1. The fourth-order valence-corrected chi connectivity index (χ4v) is 5.05. The highest BCUT2D eigenvalue weighted by atomic mass is 32.1. The molecule has 1 spiro atoms. The Morgan fingerprint density at radius 2 is 2.07 bits per heavy atom. The lowest BCUT2D eigenvalue weighted by Crippen LogP contribution is -2.47. The maximum absolute atomic E-state index is 13.1. The minimum absolute atomic E-state index is 0.145. The average molecular weight is 398 g/mol. The summed E-state index contributed by atoms with van der Waals surface area (Å²) < 4.78 is 0. The van der Waals surface area contributed by atoms with E-state index in [1.807, 2.05) is 48.7 Å². The first-order chi connectivity index (χ1) is 13.5. The van der Waals surface area contributed by atoms with Crippen LogP contribution in [0.3, 0.4) is 0 Å². The van der Waals surface area contributed by atoms with Gasteiger partial charge < -0.3 is 10.6 Å². The van der Waals surface area contributed by atoms with Gasteiger partial charge >= 0.3 is 6.03 Å². The Labute approximate surface area is 167 Å². The van der Waals surface area contributed by atoms with Crippen LogP contribution in [0, 0.1) is 0 Å². The quantitative estimate of drug-likeness (QED) is 0.762. The molecule has 1 aliphatic carbocycles. The van der Waals surface area contributed by atoms with Crippen LogP contribution in [0.4, 0.5) is 4.79 Å². The topological polar surface area (TPSA) is 78.5 Å². The summed E-state index contributed by atoms with van der Waals surface area (Å²) in [5, 5.41) is 7.67. The molecule has 1 fully saturated rings. The van der Waals surface area contributed by atoms with E-state index >= 15 is 0 Å². The fraction of sp³-hybridized carbons (Fsp3) is 0.381. The number of thiophene rings is 1. The number of amides is 4. The van der Waals surface area contributed by atoms with Crippen LogP contribution in [0.15, 0.2) is 41.8 Å². The Morgan fingerprint density at radius 3 is 2.86 bits per heavy atom. The van der Waals surface area contributed by atoms with Gasteiger partial charge in [0, 0.05) is 17.0 Å². The van der Waals surface area contributed by atoms with Gasteiger partial charge in [-0.2, -0.15) is 0 Å². The number of imide groups is 1. The highest BCUT2D eigenvalue weighted by Gasteiger charge is 2.54. The van der Waals surface area contributed by atoms with Crippen molar-refractivity contribution in [2.75, 3.05) is 13.1 Å². The largest absolute Gasteiger partial charge is 0.354 e. The van der Waals surface area contributed by atoms with E-state index in [1.165, 1.54) is 0 Å². The summed E-state index contributed by atoms with van der Waals surface area (Å²) >= 11 is 1.61. The number of urea groups is 1. The summed E-state index contributed by atoms with van der Waals surface area (Å²) in [6.07, 6.45) is 2.34. The lowest BCUT2D eigenvalue weighted by atomic mass is 9.80. The maximum atomic E-state index is 13.1. The highest BCUT2D eigenvalue weighted by molar-refractivity contribution is 7.10. The van der Waals surface area contributed by atoms with Crippen molar-refractivity contribution in [3.8, 4) is 0 Å². The molecule has 1 aromatic carbocycles. The SMILES string of the molecule is C[C@@H](CNC(=O)CN1C(=O)N[C@@]2(CCCc3sccc32)C1=O)c1ccccc1. The summed E-state index contributed by atoms with van der Waals surface area (Å²) in [6, 6.07) is 11.3. The van der Waals surface area contributed by atoms with Crippen molar-refractivity contribution in [3.05, 3.63) is 57.8 Å².